The molecule has 6 aromatic rings. The predicted octanol–water partition coefficient (Wildman–Crippen LogP) is 8.84. The van der Waals surface area contributed by atoms with Gasteiger partial charge in [-0.05, 0) is 53.6 Å². The number of rotatable bonds is 4. The molecule has 5 nitrogen and oxygen atoms in total. The summed E-state index contributed by atoms with van der Waals surface area (Å²) in [5.74, 6) is 2.06. The van der Waals surface area contributed by atoms with E-state index in [9.17, 15) is 5.26 Å². The fourth-order valence-corrected chi connectivity index (χ4v) is 5.59. The van der Waals surface area contributed by atoms with Gasteiger partial charge in [0, 0.05) is 33.9 Å². The van der Waals surface area contributed by atoms with Gasteiger partial charge in [0.15, 0.2) is 5.82 Å². The molecule has 0 N–H and O–H groups in total. The summed E-state index contributed by atoms with van der Waals surface area (Å²) in [7, 11) is 0. The number of fused-ring (bicyclic) bond motifs is 2. The Labute approximate surface area is 244 Å². The highest BCUT2D eigenvalue weighted by Crippen LogP contribution is 2.50. The Morgan fingerprint density at radius 2 is 1.36 bits per heavy atom. The number of aromatic nitrogens is 3. The zero-order valence-corrected chi connectivity index (χ0v) is 23.2. The van der Waals surface area contributed by atoms with Crippen molar-refractivity contribution in [2.45, 2.75) is 19.3 Å². The van der Waals surface area contributed by atoms with Crippen LogP contribution in [0.3, 0.4) is 0 Å². The number of pyridine rings is 1. The van der Waals surface area contributed by atoms with Crippen LogP contribution in [0.25, 0.3) is 45.2 Å². The molecular weight excluding hydrogens is 516 g/mol. The first-order valence-corrected chi connectivity index (χ1v) is 13.8. The Kier molecular flexibility index (Phi) is 6.10. The maximum Gasteiger partial charge on any atom is 0.160 e. The molecule has 0 aliphatic carbocycles. The van der Waals surface area contributed by atoms with Crippen molar-refractivity contribution in [3.05, 3.63) is 138 Å². The van der Waals surface area contributed by atoms with Crippen LogP contribution in [0.15, 0.2) is 121 Å². The SMILES string of the molecule is CC1(C)c2ccccc2Oc2c(C#N)cc(-c3cccc(-c4cc(-c5ccccn5)nc(-c5ccccc5)n4)c3)cc21. The van der Waals surface area contributed by atoms with Crippen LogP contribution in [0.2, 0.25) is 0 Å². The van der Waals surface area contributed by atoms with E-state index in [0.29, 0.717) is 17.1 Å². The maximum absolute atomic E-state index is 10.1. The fraction of sp³-hybridized carbons (Fsp3) is 0.0811. The lowest BCUT2D eigenvalue weighted by Gasteiger charge is -2.35. The summed E-state index contributed by atoms with van der Waals surface area (Å²) in [5.41, 5.74) is 8.42. The molecule has 4 aromatic carbocycles. The lowest BCUT2D eigenvalue weighted by atomic mass is 9.74. The first-order valence-electron chi connectivity index (χ1n) is 13.8. The van der Waals surface area contributed by atoms with Crippen molar-refractivity contribution in [2.75, 3.05) is 0 Å². The second-order valence-corrected chi connectivity index (χ2v) is 10.9. The van der Waals surface area contributed by atoms with Crippen molar-refractivity contribution in [3.63, 3.8) is 0 Å². The molecule has 200 valence electrons. The van der Waals surface area contributed by atoms with E-state index in [1.54, 1.807) is 6.20 Å². The lowest BCUT2D eigenvalue weighted by molar-refractivity contribution is 0.417. The maximum atomic E-state index is 10.1. The molecule has 0 amide bonds. The minimum absolute atomic E-state index is 0.335. The monoisotopic (exact) mass is 542 g/mol. The quantitative estimate of drug-likeness (QED) is 0.222. The Hall–Kier alpha value is -5.60. The van der Waals surface area contributed by atoms with Crippen molar-refractivity contribution in [1.29, 1.82) is 5.26 Å². The van der Waals surface area contributed by atoms with Gasteiger partial charge < -0.3 is 4.74 Å². The number of ether oxygens (including phenoxy) is 1. The summed E-state index contributed by atoms with van der Waals surface area (Å²) < 4.78 is 6.28. The van der Waals surface area contributed by atoms with Gasteiger partial charge in [0.05, 0.1) is 22.6 Å². The molecule has 3 heterocycles. The standard InChI is InChI=1S/C37H26N4O/c1-37(2)29-15-6-7-17-34(29)42-35-28(23-38)20-27(21-30(35)37)25-13-10-14-26(19-25)32-22-33(31-16-8-9-18-39-31)41-36(40-32)24-11-4-3-5-12-24/h3-22H,1-2H3. The van der Waals surface area contributed by atoms with Gasteiger partial charge >= 0.3 is 0 Å². The molecule has 0 saturated heterocycles. The summed E-state index contributed by atoms with van der Waals surface area (Å²) in [6, 6.07) is 40.5. The van der Waals surface area contributed by atoms with E-state index in [0.717, 1.165) is 56.2 Å². The van der Waals surface area contributed by atoms with E-state index >= 15 is 0 Å². The Balaban J connectivity index is 1.36. The van der Waals surface area contributed by atoms with E-state index in [4.69, 9.17) is 14.7 Å². The van der Waals surface area contributed by atoms with Gasteiger partial charge in [-0.1, -0.05) is 86.6 Å². The van der Waals surface area contributed by atoms with Crippen molar-refractivity contribution in [1.82, 2.24) is 15.0 Å². The van der Waals surface area contributed by atoms with Crippen LogP contribution >= 0.6 is 0 Å². The number of hydrogen-bond donors (Lipinski definition) is 0. The van der Waals surface area contributed by atoms with Crippen LogP contribution in [0.4, 0.5) is 0 Å². The second-order valence-electron chi connectivity index (χ2n) is 10.9. The molecule has 0 radical (unpaired) electrons. The van der Waals surface area contributed by atoms with E-state index < -0.39 is 0 Å². The predicted molar refractivity (Wildman–Crippen MR) is 165 cm³/mol. The highest BCUT2D eigenvalue weighted by molar-refractivity contribution is 5.78. The van der Waals surface area contributed by atoms with E-state index in [2.05, 4.69) is 55.2 Å². The highest BCUT2D eigenvalue weighted by atomic mass is 16.5. The van der Waals surface area contributed by atoms with Crippen LogP contribution in [-0.4, -0.2) is 15.0 Å². The summed E-state index contributed by atoms with van der Waals surface area (Å²) >= 11 is 0. The highest BCUT2D eigenvalue weighted by Gasteiger charge is 2.36. The number of para-hydroxylation sites is 1. The molecule has 5 heteroatoms. The summed E-state index contributed by atoms with van der Waals surface area (Å²) in [6.45, 7) is 4.36. The number of hydrogen-bond acceptors (Lipinski definition) is 5. The van der Waals surface area contributed by atoms with Gasteiger partial charge in [0.25, 0.3) is 0 Å². The van der Waals surface area contributed by atoms with Gasteiger partial charge in [-0.3, -0.25) is 4.98 Å². The van der Waals surface area contributed by atoms with E-state index in [-0.39, 0.29) is 5.41 Å². The molecule has 0 bridgehead atoms. The molecule has 0 atom stereocenters. The summed E-state index contributed by atoms with van der Waals surface area (Å²) in [6.07, 6.45) is 1.77. The lowest BCUT2D eigenvalue weighted by Crippen LogP contribution is -2.24. The average Bonchev–Trinajstić information content (AvgIpc) is 3.05. The van der Waals surface area contributed by atoms with Gasteiger partial charge in [0.2, 0.25) is 0 Å². The van der Waals surface area contributed by atoms with Crippen molar-refractivity contribution >= 4 is 0 Å². The molecule has 1 aliphatic rings. The van der Waals surface area contributed by atoms with Gasteiger partial charge in [-0.15, -0.1) is 0 Å². The number of nitriles is 1. The van der Waals surface area contributed by atoms with E-state index in [1.807, 2.05) is 84.9 Å². The minimum atomic E-state index is -0.335. The van der Waals surface area contributed by atoms with Crippen molar-refractivity contribution in [2.24, 2.45) is 0 Å². The third-order valence-electron chi connectivity index (χ3n) is 7.83. The van der Waals surface area contributed by atoms with Gasteiger partial charge in [-0.25, -0.2) is 9.97 Å². The molecule has 42 heavy (non-hydrogen) atoms. The molecule has 0 spiro atoms. The van der Waals surface area contributed by atoms with Crippen LogP contribution < -0.4 is 4.74 Å². The normalized spacial score (nSPS) is 12.9. The van der Waals surface area contributed by atoms with Crippen LogP contribution in [-0.2, 0) is 5.41 Å². The fourth-order valence-electron chi connectivity index (χ4n) is 5.59. The molecule has 7 rings (SSSR count). The van der Waals surface area contributed by atoms with Crippen LogP contribution in [0, 0.1) is 11.3 Å². The summed E-state index contributed by atoms with van der Waals surface area (Å²) in [5, 5.41) is 10.1. The average molecular weight is 543 g/mol. The Bertz CT molecular complexity index is 1940. The molecule has 0 fully saturated rings. The van der Waals surface area contributed by atoms with Crippen molar-refractivity contribution < 1.29 is 4.74 Å². The molecular formula is C37H26N4O. The smallest absolute Gasteiger partial charge is 0.160 e. The van der Waals surface area contributed by atoms with Gasteiger partial charge in [-0.2, -0.15) is 5.26 Å². The van der Waals surface area contributed by atoms with E-state index in [1.165, 1.54) is 0 Å². The third kappa shape index (κ3) is 4.40. The van der Waals surface area contributed by atoms with Crippen LogP contribution in [0.1, 0.15) is 30.5 Å². The second kappa shape index (κ2) is 10.1. The first-order chi connectivity index (χ1) is 20.5. The first kappa shape index (κ1) is 25.4. The largest absolute Gasteiger partial charge is 0.455 e. The topological polar surface area (TPSA) is 71.7 Å². The minimum Gasteiger partial charge on any atom is -0.455 e. The number of benzene rings is 4. The van der Waals surface area contributed by atoms with Crippen LogP contribution in [0.5, 0.6) is 11.5 Å². The zero-order valence-electron chi connectivity index (χ0n) is 23.2. The summed E-state index contributed by atoms with van der Waals surface area (Å²) in [4.78, 5) is 14.4. The Morgan fingerprint density at radius 1 is 0.619 bits per heavy atom. The Morgan fingerprint density at radius 3 is 2.17 bits per heavy atom. The number of nitrogens with zero attached hydrogens (tertiary/aromatic N) is 4. The molecule has 0 unspecified atom stereocenters. The third-order valence-corrected chi connectivity index (χ3v) is 7.83. The zero-order chi connectivity index (χ0) is 28.7. The molecule has 0 saturated carbocycles. The van der Waals surface area contributed by atoms with Gasteiger partial charge in [0.1, 0.15) is 17.6 Å². The molecule has 2 aromatic heterocycles. The van der Waals surface area contributed by atoms with Crippen molar-refractivity contribution in [3.8, 4) is 62.7 Å². The molecule has 1 aliphatic heterocycles.